The van der Waals surface area contributed by atoms with Gasteiger partial charge in [0.25, 0.3) is 0 Å². The molecule has 0 amide bonds. The van der Waals surface area contributed by atoms with Crippen LogP contribution >= 0.6 is 0 Å². The molecule has 0 atom stereocenters. The van der Waals surface area contributed by atoms with Gasteiger partial charge in [0.1, 0.15) is 0 Å². The largest absolute Gasteiger partial charge is 0.369 e. The number of piperazine rings is 1. The summed E-state index contributed by atoms with van der Waals surface area (Å²) in [5, 5.41) is -0.387. The zero-order valence-electron chi connectivity index (χ0n) is 15.9. The Kier molecular flexibility index (Phi) is 5.42. The number of anilines is 1. The molecule has 6 heteroatoms. The van der Waals surface area contributed by atoms with E-state index in [1.807, 2.05) is 18.2 Å². The van der Waals surface area contributed by atoms with E-state index in [1.54, 1.807) is 19.9 Å². The van der Waals surface area contributed by atoms with Crippen LogP contribution in [0.15, 0.2) is 29.2 Å². The molecule has 1 aromatic carbocycles. The van der Waals surface area contributed by atoms with E-state index in [9.17, 15) is 8.42 Å². The first-order valence-electron chi connectivity index (χ1n) is 9.36. The van der Waals surface area contributed by atoms with Crippen LogP contribution < -0.4 is 4.90 Å². The molecule has 2 heterocycles. The zero-order valence-corrected chi connectivity index (χ0v) is 16.7. The third-order valence-electron chi connectivity index (χ3n) is 5.58. The molecule has 2 aliphatic rings. The summed E-state index contributed by atoms with van der Waals surface area (Å²) in [5.74, 6) is 0. The maximum atomic E-state index is 12.4. The molecule has 0 unspecified atom stereocenters. The quantitative estimate of drug-likeness (QED) is 0.799. The normalized spacial score (nSPS) is 21.1. The third kappa shape index (κ3) is 3.86. The highest BCUT2D eigenvalue weighted by Crippen LogP contribution is 2.25. The number of rotatable bonds is 5. The van der Waals surface area contributed by atoms with Gasteiger partial charge < -0.3 is 4.90 Å². The summed E-state index contributed by atoms with van der Waals surface area (Å²) in [6.07, 6.45) is 0. The molecule has 2 aliphatic heterocycles. The standard InChI is InChI=1S/C19H31N3O2S/c1-15(2)22-13-18(14-22)21-10-8-20(9-11-21)17-6-5-7-19(12-17)25(23,24)16(3)4/h5-7,12,15-16,18H,8-11,13-14H2,1-4H3. The van der Waals surface area contributed by atoms with Crippen LogP contribution in [0.4, 0.5) is 5.69 Å². The average molecular weight is 366 g/mol. The highest BCUT2D eigenvalue weighted by molar-refractivity contribution is 7.92. The van der Waals surface area contributed by atoms with Crippen molar-refractivity contribution in [3.63, 3.8) is 0 Å². The molecule has 140 valence electrons. The van der Waals surface area contributed by atoms with Crippen molar-refractivity contribution in [1.29, 1.82) is 0 Å². The monoisotopic (exact) mass is 365 g/mol. The molecule has 0 aliphatic carbocycles. The Morgan fingerprint density at radius 1 is 1.00 bits per heavy atom. The number of sulfone groups is 1. The van der Waals surface area contributed by atoms with Gasteiger partial charge in [-0.25, -0.2) is 8.42 Å². The van der Waals surface area contributed by atoms with Gasteiger partial charge >= 0.3 is 0 Å². The van der Waals surface area contributed by atoms with Crippen LogP contribution in [-0.2, 0) is 9.84 Å². The van der Waals surface area contributed by atoms with Crippen molar-refractivity contribution in [2.75, 3.05) is 44.2 Å². The zero-order chi connectivity index (χ0) is 18.2. The van der Waals surface area contributed by atoms with Crippen LogP contribution in [0.1, 0.15) is 27.7 Å². The molecule has 0 radical (unpaired) electrons. The number of benzene rings is 1. The highest BCUT2D eigenvalue weighted by atomic mass is 32.2. The Labute approximate surface area is 152 Å². The van der Waals surface area contributed by atoms with Gasteiger partial charge in [0.05, 0.1) is 10.1 Å². The first kappa shape index (κ1) is 18.7. The van der Waals surface area contributed by atoms with E-state index in [0.29, 0.717) is 17.0 Å². The summed E-state index contributed by atoms with van der Waals surface area (Å²) in [6.45, 7) is 14.4. The lowest BCUT2D eigenvalue weighted by Gasteiger charge is -2.50. The third-order valence-corrected chi connectivity index (χ3v) is 7.74. The van der Waals surface area contributed by atoms with Gasteiger partial charge in [-0.2, -0.15) is 0 Å². The fourth-order valence-electron chi connectivity index (χ4n) is 3.62. The lowest BCUT2D eigenvalue weighted by molar-refractivity contribution is 0.0115. The first-order valence-corrected chi connectivity index (χ1v) is 10.9. The molecule has 2 fully saturated rings. The van der Waals surface area contributed by atoms with Gasteiger partial charge in [-0.05, 0) is 45.9 Å². The van der Waals surface area contributed by atoms with Crippen molar-refractivity contribution >= 4 is 15.5 Å². The Hall–Kier alpha value is -1.11. The Morgan fingerprint density at radius 2 is 1.64 bits per heavy atom. The topological polar surface area (TPSA) is 43.9 Å². The van der Waals surface area contributed by atoms with Gasteiger partial charge in [-0.3, -0.25) is 9.80 Å². The molecule has 0 bridgehead atoms. The Bertz CT molecular complexity index is 688. The SMILES string of the molecule is CC(C)N1CC(N2CCN(c3cccc(S(=O)(=O)C(C)C)c3)CC2)C1. The Balaban J connectivity index is 1.60. The smallest absolute Gasteiger partial charge is 0.180 e. The van der Waals surface area contributed by atoms with Gasteiger partial charge in [0, 0.05) is 57.0 Å². The van der Waals surface area contributed by atoms with Crippen LogP contribution in [-0.4, -0.2) is 74.8 Å². The molecule has 25 heavy (non-hydrogen) atoms. The second-order valence-corrected chi connectivity index (χ2v) is 10.3. The van der Waals surface area contributed by atoms with E-state index in [-0.39, 0.29) is 5.25 Å². The Morgan fingerprint density at radius 3 is 2.20 bits per heavy atom. The fourth-order valence-corrected chi connectivity index (χ4v) is 4.71. The van der Waals surface area contributed by atoms with Crippen molar-refractivity contribution in [3.8, 4) is 0 Å². The second-order valence-electron chi connectivity index (χ2n) is 7.82. The first-order chi connectivity index (χ1) is 11.8. The summed E-state index contributed by atoms with van der Waals surface area (Å²) in [6, 6.07) is 8.78. The summed E-state index contributed by atoms with van der Waals surface area (Å²) in [7, 11) is -3.21. The summed E-state index contributed by atoms with van der Waals surface area (Å²) >= 11 is 0. The number of nitrogens with zero attached hydrogens (tertiary/aromatic N) is 3. The van der Waals surface area contributed by atoms with Gasteiger partial charge in [-0.15, -0.1) is 0 Å². The number of hydrogen-bond acceptors (Lipinski definition) is 5. The average Bonchev–Trinajstić information content (AvgIpc) is 2.54. The predicted octanol–water partition coefficient (Wildman–Crippen LogP) is 2.08. The van der Waals surface area contributed by atoms with Crippen molar-refractivity contribution in [2.24, 2.45) is 0 Å². The lowest BCUT2D eigenvalue weighted by atomic mass is 10.0. The van der Waals surface area contributed by atoms with Crippen LogP contribution in [0.3, 0.4) is 0 Å². The maximum Gasteiger partial charge on any atom is 0.180 e. The molecule has 2 saturated heterocycles. The van der Waals surface area contributed by atoms with Gasteiger partial charge in [0.15, 0.2) is 9.84 Å². The molecular formula is C19H31N3O2S. The predicted molar refractivity (Wildman–Crippen MR) is 103 cm³/mol. The van der Waals surface area contributed by atoms with Crippen LogP contribution in [0.2, 0.25) is 0 Å². The van der Waals surface area contributed by atoms with Crippen molar-refractivity contribution in [2.45, 2.75) is 49.9 Å². The molecular weight excluding hydrogens is 334 g/mol. The number of hydrogen-bond donors (Lipinski definition) is 0. The van der Waals surface area contributed by atoms with Crippen LogP contribution in [0.25, 0.3) is 0 Å². The minimum absolute atomic E-state index is 0.387. The van der Waals surface area contributed by atoms with Crippen molar-refractivity contribution < 1.29 is 8.42 Å². The maximum absolute atomic E-state index is 12.4. The van der Waals surface area contributed by atoms with Crippen LogP contribution in [0.5, 0.6) is 0 Å². The minimum Gasteiger partial charge on any atom is -0.369 e. The molecule has 1 aromatic rings. The van der Waals surface area contributed by atoms with Crippen molar-refractivity contribution in [3.05, 3.63) is 24.3 Å². The minimum atomic E-state index is -3.21. The van der Waals surface area contributed by atoms with Gasteiger partial charge in [-0.1, -0.05) is 6.07 Å². The molecule has 0 saturated carbocycles. The second kappa shape index (κ2) is 7.25. The van der Waals surface area contributed by atoms with Crippen molar-refractivity contribution in [1.82, 2.24) is 9.80 Å². The van der Waals surface area contributed by atoms with Gasteiger partial charge in [0.2, 0.25) is 0 Å². The molecule has 5 nitrogen and oxygen atoms in total. The van der Waals surface area contributed by atoms with Crippen LogP contribution in [0, 0.1) is 0 Å². The molecule has 3 rings (SSSR count). The van der Waals surface area contributed by atoms with E-state index < -0.39 is 9.84 Å². The van der Waals surface area contributed by atoms with E-state index in [4.69, 9.17) is 0 Å². The van der Waals surface area contributed by atoms with E-state index >= 15 is 0 Å². The molecule has 0 spiro atoms. The lowest BCUT2D eigenvalue weighted by Crippen LogP contribution is -2.64. The fraction of sp³-hybridized carbons (Fsp3) is 0.684. The summed E-state index contributed by atoms with van der Waals surface area (Å²) in [4.78, 5) is 7.85. The molecule has 0 N–H and O–H groups in total. The summed E-state index contributed by atoms with van der Waals surface area (Å²) < 4.78 is 24.8. The molecule has 0 aromatic heterocycles. The number of likely N-dealkylation sites (tertiary alicyclic amines) is 1. The van der Waals surface area contributed by atoms with E-state index in [2.05, 4.69) is 28.5 Å². The summed E-state index contributed by atoms with van der Waals surface area (Å²) in [5.41, 5.74) is 1.03. The van der Waals surface area contributed by atoms with E-state index in [1.165, 1.54) is 13.1 Å². The highest BCUT2D eigenvalue weighted by Gasteiger charge is 2.34. The van der Waals surface area contributed by atoms with E-state index in [0.717, 1.165) is 31.9 Å².